The Kier molecular flexibility index (Phi) is 5.35. The van der Waals surface area contributed by atoms with Gasteiger partial charge in [0.05, 0.1) is 16.5 Å². The van der Waals surface area contributed by atoms with Crippen molar-refractivity contribution in [2.45, 2.75) is 33.3 Å². The average molecular weight is 246 g/mol. The number of thiocarbonyl (C=S) groups is 1. The molecular formula is C11H22N2O2S. The van der Waals surface area contributed by atoms with Gasteiger partial charge in [-0.2, -0.15) is 0 Å². The zero-order valence-electron chi connectivity index (χ0n) is 10.7. The molecule has 0 bridgehead atoms. The maximum absolute atomic E-state index is 12.1. The van der Waals surface area contributed by atoms with Crippen molar-refractivity contribution in [2.24, 2.45) is 17.6 Å². The number of nitrogens with two attached hydrogens (primary N) is 1. The third-order valence-corrected chi connectivity index (χ3v) is 2.49. The van der Waals surface area contributed by atoms with Gasteiger partial charge in [0.2, 0.25) is 5.91 Å². The number of amides is 1. The van der Waals surface area contributed by atoms with Crippen LogP contribution < -0.4 is 5.73 Å². The van der Waals surface area contributed by atoms with E-state index < -0.39 is 11.5 Å². The fraction of sp³-hybridized carbons (Fsp3) is 0.818. The van der Waals surface area contributed by atoms with Crippen molar-refractivity contribution in [1.82, 2.24) is 4.90 Å². The van der Waals surface area contributed by atoms with Crippen LogP contribution in [0.4, 0.5) is 0 Å². The standard InChI is InChI=1S/C11H22N2O2S/c1-7(2)8(9(12)16)10(14)13(5)6-11(3,4)15/h7-8,15H,6H2,1-5H3,(H2,12,16). The molecule has 1 atom stereocenters. The zero-order valence-corrected chi connectivity index (χ0v) is 11.5. The highest BCUT2D eigenvalue weighted by atomic mass is 32.1. The first kappa shape index (κ1) is 15.3. The lowest BCUT2D eigenvalue weighted by Gasteiger charge is -2.29. The van der Waals surface area contributed by atoms with Crippen molar-refractivity contribution < 1.29 is 9.90 Å². The van der Waals surface area contributed by atoms with Crippen LogP contribution in [0.1, 0.15) is 27.7 Å². The number of aliphatic hydroxyl groups is 1. The molecule has 0 saturated heterocycles. The zero-order chi connectivity index (χ0) is 13.1. The Balaban J connectivity index is 4.69. The van der Waals surface area contributed by atoms with Crippen LogP contribution in [0.15, 0.2) is 0 Å². The summed E-state index contributed by atoms with van der Waals surface area (Å²) in [4.78, 5) is 13.7. The molecule has 94 valence electrons. The van der Waals surface area contributed by atoms with Gasteiger partial charge in [-0.05, 0) is 19.8 Å². The molecule has 4 nitrogen and oxygen atoms in total. The van der Waals surface area contributed by atoms with Crippen molar-refractivity contribution in [3.05, 3.63) is 0 Å². The van der Waals surface area contributed by atoms with Crippen molar-refractivity contribution in [1.29, 1.82) is 0 Å². The highest BCUT2D eigenvalue weighted by molar-refractivity contribution is 7.80. The van der Waals surface area contributed by atoms with Crippen LogP contribution in [-0.4, -0.2) is 40.1 Å². The second kappa shape index (κ2) is 5.59. The van der Waals surface area contributed by atoms with E-state index in [1.54, 1.807) is 20.9 Å². The molecule has 0 aromatic rings. The quantitative estimate of drug-likeness (QED) is 0.703. The number of carbonyl (C=O) groups excluding carboxylic acids is 1. The van der Waals surface area contributed by atoms with Crippen LogP contribution in [0, 0.1) is 11.8 Å². The van der Waals surface area contributed by atoms with E-state index >= 15 is 0 Å². The van der Waals surface area contributed by atoms with Gasteiger partial charge in [-0.3, -0.25) is 4.79 Å². The van der Waals surface area contributed by atoms with Crippen LogP contribution in [-0.2, 0) is 4.79 Å². The number of rotatable bonds is 5. The second-order valence-corrected chi connectivity index (χ2v) is 5.60. The minimum atomic E-state index is -0.915. The minimum Gasteiger partial charge on any atom is -0.393 e. The van der Waals surface area contributed by atoms with Crippen molar-refractivity contribution in [2.75, 3.05) is 13.6 Å². The first-order valence-electron chi connectivity index (χ1n) is 5.33. The Morgan fingerprint density at radius 1 is 1.50 bits per heavy atom. The van der Waals surface area contributed by atoms with Crippen LogP contribution >= 0.6 is 12.2 Å². The van der Waals surface area contributed by atoms with Gasteiger partial charge in [0.15, 0.2) is 0 Å². The predicted molar refractivity (Wildman–Crippen MR) is 69.0 cm³/mol. The Bertz CT molecular complexity index is 272. The monoisotopic (exact) mass is 246 g/mol. The van der Waals surface area contributed by atoms with Crippen LogP contribution in [0.3, 0.4) is 0 Å². The minimum absolute atomic E-state index is 0.0641. The van der Waals surface area contributed by atoms with E-state index in [9.17, 15) is 9.90 Å². The number of carbonyl (C=O) groups is 1. The van der Waals surface area contributed by atoms with Crippen LogP contribution in [0.5, 0.6) is 0 Å². The summed E-state index contributed by atoms with van der Waals surface area (Å²) in [6, 6.07) is 0. The summed E-state index contributed by atoms with van der Waals surface area (Å²) in [6.45, 7) is 7.38. The van der Waals surface area contributed by atoms with Gasteiger partial charge >= 0.3 is 0 Å². The number of nitrogens with zero attached hydrogens (tertiary/aromatic N) is 1. The van der Waals surface area contributed by atoms with Gasteiger partial charge in [-0.25, -0.2) is 0 Å². The molecule has 0 rings (SSSR count). The fourth-order valence-corrected chi connectivity index (χ4v) is 2.00. The van der Waals surface area contributed by atoms with Crippen LogP contribution in [0.25, 0.3) is 0 Å². The van der Waals surface area contributed by atoms with E-state index in [1.807, 2.05) is 13.8 Å². The SMILES string of the molecule is CC(C)C(C(=O)N(C)CC(C)(C)O)C(N)=S. The first-order chi connectivity index (χ1) is 7.06. The number of hydrogen-bond donors (Lipinski definition) is 2. The molecule has 0 aliphatic heterocycles. The van der Waals surface area contributed by atoms with E-state index in [2.05, 4.69) is 0 Å². The molecule has 0 aliphatic carbocycles. The van der Waals surface area contributed by atoms with E-state index in [4.69, 9.17) is 18.0 Å². The third kappa shape index (κ3) is 4.90. The number of likely N-dealkylation sites (N-methyl/N-ethyl adjacent to an activating group) is 1. The fourth-order valence-electron chi connectivity index (χ4n) is 1.63. The molecule has 1 unspecified atom stereocenters. The molecule has 1 amide bonds. The summed E-state index contributed by atoms with van der Waals surface area (Å²) in [5, 5.41) is 9.64. The van der Waals surface area contributed by atoms with E-state index in [0.29, 0.717) is 0 Å². The average Bonchev–Trinajstić information content (AvgIpc) is 1.98. The molecule has 0 aromatic heterocycles. The molecule has 16 heavy (non-hydrogen) atoms. The molecule has 0 fully saturated rings. The maximum atomic E-state index is 12.1. The van der Waals surface area contributed by atoms with Gasteiger partial charge < -0.3 is 15.7 Å². The molecule has 0 saturated carbocycles. The largest absolute Gasteiger partial charge is 0.393 e. The van der Waals surface area contributed by atoms with Gasteiger partial charge in [-0.15, -0.1) is 0 Å². The molecule has 0 spiro atoms. The maximum Gasteiger partial charge on any atom is 0.232 e. The lowest BCUT2D eigenvalue weighted by Crippen LogP contribution is -2.46. The predicted octanol–water partition coefficient (Wildman–Crippen LogP) is 0.774. The Labute approximate surface area is 103 Å². The normalized spacial score (nSPS) is 13.7. The molecule has 0 heterocycles. The first-order valence-corrected chi connectivity index (χ1v) is 5.73. The van der Waals surface area contributed by atoms with Crippen molar-refractivity contribution in [3.63, 3.8) is 0 Å². The Morgan fingerprint density at radius 2 is 1.94 bits per heavy atom. The highest BCUT2D eigenvalue weighted by Gasteiger charge is 2.29. The Morgan fingerprint density at radius 3 is 2.19 bits per heavy atom. The van der Waals surface area contributed by atoms with E-state index in [1.165, 1.54) is 4.90 Å². The van der Waals surface area contributed by atoms with E-state index in [-0.39, 0.29) is 23.4 Å². The second-order valence-electron chi connectivity index (χ2n) is 5.13. The van der Waals surface area contributed by atoms with E-state index in [0.717, 1.165) is 0 Å². The topological polar surface area (TPSA) is 66.6 Å². The van der Waals surface area contributed by atoms with Crippen molar-refractivity contribution >= 4 is 23.1 Å². The third-order valence-electron chi connectivity index (χ3n) is 2.24. The van der Waals surface area contributed by atoms with Gasteiger partial charge in [0, 0.05) is 13.6 Å². The van der Waals surface area contributed by atoms with Gasteiger partial charge in [0.25, 0.3) is 0 Å². The van der Waals surface area contributed by atoms with Crippen LogP contribution in [0.2, 0.25) is 0 Å². The lowest BCUT2D eigenvalue weighted by atomic mass is 9.94. The molecule has 0 aliphatic rings. The molecule has 0 aromatic carbocycles. The summed E-state index contributed by atoms with van der Waals surface area (Å²) in [7, 11) is 1.65. The highest BCUT2D eigenvalue weighted by Crippen LogP contribution is 2.15. The summed E-state index contributed by atoms with van der Waals surface area (Å²) >= 11 is 4.90. The lowest BCUT2D eigenvalue weighted by molar-refractivity contribution is -0.135. The molecular weight excluding hydrogens is 224 g/mol. The molecule has 0 radical (unpaired) electrons. The van der Waals surface area contributed by atoms with Crippen molar-refractivity contribution in [3.8, 4) is 0 Å². The summed E-state index contributed by atoms with van der Waals surface area (Å²) in [5.74, 6) is -0.527. The Hall–Kier alpha value is -0.680. The number of hydrogen-bond acceptors (Lipinski definition) is 3. The van der Waals surface area contributed by atoms with Gasteiger partial charge in [0.1, 0.15) is 0 Å². The summed E-state index contributed by atoms with van der Waals surface area (Å²) in [5.41, 5.74) is 4.65. The summed E-state index contributed by atoms with van der Waals surface area (Å²) < 4.78 is 0. The van der Waals surface area contributed by atoms with Gasteiger partial charge in [-0.1, -0.05) is 26.1 Å². The molecule has 5 heteroatoms. The molecule has 3 N–H and O–H groups in total. The summed E-state index contributed by atoms with van der Waals surface area (Å²) in [6.07, 6.45) is 0. The smallest absolute Gasteiger partial charge is 0.232 e.